The van der Waals surface area contributed by atoms with E-state index in [-0.39, 0.29) is 11.5 Å². The summed E-state index contributed by atoms with van der Waals surface area (Å²) in [5, 5.41) is 0. The van der Waals surface area contributed by atoms with E-state index >= 15 is 0 Å². The highest BCUT2D eigenvalue weighted by Crippen LogP contribution is 2.10. The topological polar surface area (TPSA) is 47.0 Å². The molecule has 1 aromatic heterocycles. The van der Waals surface area contributed by atoms with Crippen LogP contribution in [0.3, 0.4) is 0 Å². The zero-order valence-electron chi connectivity index (χ0n) is 9.28. The predicted octanol–water partition coefficient (Wildman–Crippen LogP) is 2.20. The lowest BCUT2D eigenvalue weighted by Crippen LogP contribution is -2.08. The molecule has 0 fully saturated rings. The fourth-order valence-corrected chi connectivity index (χ4v) is 3.01. The van der Waals surface area contributed by atoms with E-state index in [4.69, 9.17) is 0 Å². The minimum Gasteiger partial charge on any atom is -0.260 e. The fraction of sp³-hybridized carbons (Fsp3) is 0.154. The van der Waals surface area contributed by atoms with Gasteiger partial charge in [0.15, 0.2) is 9.84 Å². The standard InChI is InChI=1S/C13H13NO2S/c15-17(16,10-12-6-2-1-3-7-12)11-13-8-4-5-9-14-13/h1-9H,10-11H2. The zero-order chi connectivity index (χ0) is 12.1. The van der Waals surface area contributed by atoms with Crippen LogP contribution >= 0.6 is 0 Å². The minimum atomic E-state index is -3.15. The molecule has 3 nitrogen and oxygen atoms in total. The number of hydrogen-bond acceptors (Lipinski definition) is 3. The quantitative estimate of drug-likeness (QED) is 0.832. The third kappa shape index (κ3) is 3.67. The second-order valence-corrected chi connectivity index (χ2v) is 5.90. The number of rotatable bonds is 4. The maximum atomic E-state index is 11.9. The van der Waals surface area contributed by atoms with Crippen LogP contribution in [0, 0.1) is 0 Å². The average molecular weight is 247 g/mol. The molecule has 0 atom stereocenters. The predicted molar refractivity (Wildman–Crippen MR) is 67.0 cm³/mol. The van der Waals surface area contributed by atoms with Crippen molar-refractivity contribution in [1.82, 2.24) is 4.98 Å². The van der Waals surface area contributed by atoms with Gasteiger partial charge in [-0.2, -0.15) is 0 Å². The van der Waals surface area contributed by atoms with E-state index in [0.29, 0.717) is 5.69 Å². The summed E-state index contributed by atoms with van der Waals surface area (Å²) in [5.41, 5.74) is 1.40. The third-order valence-electron chi connectivity index (χ3n) is 2.32. The van der Waals surface area contributed by atoms with Crippen molar-refractivity contribution in [2.45, 2.75) is 11.5 Å². The van der Waals surface area contributed by atoms with Gasteiger partial charge in [0.2, 0.25) is 0 Å². The molecule has 0 unspecified atom stereocenters. The van der Waals surface area contributed by atoms with Gasteiger partial charge < -0.3 is 0 Å². The lowest BCUT2D eigenvalue weighted by molar-refractivity contribution is 0.594. The molecule has 0 radical (unpaired) electrons. The zero-order valence-corrected chi connectivity index (χ0v) is 10.1. The normalized spacial score (nSPS) is 11.3. The van der Waals surface area contributed by atoms with E-state index in [0.717, 1.165) is 5.56 Å². The van der Waals surface area contributed by atoms with E-state index < -0.39 is 9.84 Å². The van der Waals surface area contributed by atoms with Crippen LogP contribution in [0.1, 0.15) is 11.3 Å². The van der Waals surface area contributed by atoms with Crippen molar-refractivity contribution in [1.29, 1.82) is 0 Å². The van der Waals surface area contributed by atoms with Crippen molar-refractivity contribution >= 4 is 9.84 Å². The summed E-state index contributed by atoms with van der Waals surface area (Å²) in [5.74, 6) is 0.0488. The average Bonchev–Trinajstić information content (AvgIpc) is 2.30. The van der Waals surface area contributed by atoms with E-state index in [1.807, 2.05) is 30.3 Å². The van der Waals surface area contributed by atoms with Crippen LogP contribution in [-0.2, 0) is 21.3 Å². The van der Waals surface area contributed by atoms with Crippen molar-refractivity contribution in [3.63, 3.8) is 0 Å². The van der Waals surface area contributed by atoms with Crippen molar-refractivity contribution < 1.29 is 8.42 Å². The Morgan fingerprint density at radius 3 is 2.24 bits per heavy atom. The van der Waals surface area contributed by atoms with Gasteiger partial charge in [-0.25, -0.2) is 8.42 Å². The van der Waals surface area contributed by atoms with Gasteiger partial charge in [-0.3, -0.25) is 4.98 Å². The Morgan fingerprint density at radius 1 is 0.882 bits per heavy atom. The highest BCUT2D eigenvalue weighted by molar-refractivity contribution is 7.89. The van der Waals surface area contributed by atoms with Gasteiger partial charge in [0.05, 0.1) is 17.2 Å². The molecule has 0 saturated carbocycles. The molecule has 2 aromatic rings. The molecule has 1 heterocycles. The first kappa shape index (κ1) is 11.8. The second-order valence-electron chi connectivity index (χ2n) is 3.84. The molecule has 2 rings (SSSR count). The first-order chi connectivity index (χ1) is 8.16. The highest BCUT2D eigenvalue weighted by atomic mass is 32.2. The molecule has 0 N–H and O–H groups in total. The van der Waals surface area contributed by atoms with E-state index in [9.17, 15) is 8.42 Å². The number of benzene rings is 1. The maximum Gasteiger partial charge on any atom is 0.160 e. The Hall–Kier alpha value is -1.68. The largest absolute Gasteiger partial charge is 0.260 e. The van der Waals surface area contributed by atoms with Crippen LogP contribution in [-0.4, -0.2) is 13.4 Å². The molecule has 88 valence electrons. The molecule has 0 aliphatic rings. The van der Waals surface area contributed by atoms with Crippen molar-refractivity contribution in [2.75, 3.05) is 0 Å². The molecule has 4 heteroatoms. The molecule has 0 aliphatic heterocycles. The van der Waals surface area contributed by atoms with Crippen LogP contribution < -0.4 is 0 Å². The Labute approximate surface area is 101 Å². The Balaban J connectivity index is 2.11. The molecule has 0 saturated heterocycles. The summed E-state index contributed by atoms with van der Waals surface area (Å²) in [6.45, 7) is 0. The Bertz CT molecular complexity index is 517. The number of aromatic nitrogens is 1. The number of pyridine rings is 1. The molecule has 0 bridgehead atoms. The van der Waals surface area contributed by atoms with Crippen molar-refractivity contribution in [3.8, 4) is 0 Å². The van der Waals surface area contributed by atoms with Crippen LogP contribution in [0.2, 0.25) is 0 Å². The molecule has 1 aromatic carbocycles. The molecular formula is C13H13NO2S. The van der Waals surface area contributed by atoms with Crippen LogP contribution in [0.25, 0.3) is 0 Å². The van der Waals surface area contributed by atoms with Gasteiger partial charge in [-0.1, -0.05) is 36.4 Å². The maximum absolute atomic E-state index is 11.9. The number of sulfone groups is 1. The lowest BCUT2D eigenvalue weighted by Gasteiger charge is -2.03. The van der Waals surface area contributed by atoms with Gasteiger partial charge in [0.25, 0.3) is 0 Å². The molecule has 0 spiro atoms. The van der Waals surface area contributed by atoms with Crippen molar-refractivity contribution in [3.05, 3.63) is 66.0 Å². The van der Waals surface area contributed by atoms with E-state index in [1.54, 1.807) is 24.4 Å². The summed E-state index contributed by atoms with van der Waals surface area (Å²) in [6, 6.07) is 14.5. The van der Waals surface area contributed by atoms with Crippen molar-refractivity contribution in [2.24, 2.45) is 0 Å². The van der Waals surface area contributed by atoms with Gasteiger partial charge in [0.1, 0.15) is 0 Å². The summed E-state index contributed by atoms with van der Waals surface area (Å²) < 4.78 is 23.9. The van der Waals surface area contributed by atoms with Gasteiger partial charge in [-0.05, 0) is 17.7 Å². The monoisotopic (exact) mass is 247 g/mol. The molecule has 17 heavy (non-hydrogen) atoms. The number of hydrogen-bond donors (Lipinski definition) is 0. The molecular weight excluding hydrogens is 234 g/mol. The van der Waals surface area contributed by atoms with Crippen LogP contribution in [0.15, 0.2) is 54.7 Å². The van der Waals surface area contributed by atoms with E-state index in [1.165, 1.54) is 0 Å². The van der Waals surface area contributed by atoms with Gasteiger partial charge >= 0.3 is 0 Å². The van der Waals surface area contributed by atoms with Crippen LogP contribution in [0.5, 0.6) is 0 Å². The highest BCUT2D eigenvalue weighted by Gasteiger charge is 2.13. The van der Waals surface area contributed by atoms with Gasteiger partial charge in [0, 0.05) is 6.20 Å². The Kier molecular flexibility index (Phi) is 3.54. The Morgan fingerprint density at radius 2 is 1.59 bits per heavy atom. The first-order valence-electron chi connectivity index (χ1n) is 5.30. The summed E-state index contributed by atoms with van der Waals surface area (Å²) >= 11 is 0. The van der Waals surface area contributed by atoms with E-state index in [2.05, 4.69) is 4.98 Å². The summed E-state index contributed by atoms with van der Waals surface area (Å²) in [4.78, 5) is 4.03. The first-order valence-corrected chi connectivity index (χ1v) is 7.12. The lowest BCUT2D eigenvalue weighted by atomic mass is 10.2. The third-order valence-corrected chi connectivity index (χ3v) is 3.83. The molecule has 0 amide bonds. The van der Waals surface area contributed by atoms with Crippen LogP contribution in [0.4, 0.5) is 0 Å². The second kappa shape index (κ2) is 5.10. The SMILES string of the molecule is O=S(=O)(Cc1ccccc1)Cc1ccccn1. The summed E-state index contributed by atoms with van der Waals surface area (Å²) in [7, 11) is -3.15. The van der Waals surface area contributed by atoms with Gasteiger partial charge in [-0.15, -0.1) is 0 Å². The molecule has 0 aliphatic carbocycles. The fourth-order valence-electron chi connectivity index (χ4n) is 1.59. The smallest absolute Gasteiger partial charge is 0.160 e. The summed E-state index contributed by atoms with van der Waals surface area (Å²) in [6.07, 6.45) is 1.60. The minimum absolute atomic E-state index is 0.0112. The number of nitrogens with zero attached hydrogens (tertiary/aromatic N) is 1.